The molecule has 0 fully saturated rings. The van der Waals surface area contributed by atoms with Gasteiger partial charge >= 0.3 is 6.61 Å². The fraction of sp³-hybridized carbons (Fsp3) is 0.214. The lowest BCUT2D eigenvalue weighted by molar-refractivity contribution is -0.385. The van der Waals surface area contributed by atoms with Crippen molar-refractivity contribution in [1.29, 1.82) is 0 Å². The molecule has 0 unspecified atom stereocenters. The molecule has 0 radical (unpaired) electrons. The number of anilines is 1. The fourth-order valence-corrected chi connectivity index (χ4v) is 1.82. The third-order valence-corrected chi connectivity index (χ3v) is 2.93. The number of hydrogen-bond donors (Lipinski definition) is 1. The van der Waals surface area contributed by atoms with Crippen LogP contribution in [0.5, 0.6) is 5.75 Å². The molecule has 1 atom stereocenters. The van der Waals surface area contributed by atoms with Crippen LogP contribution >= 0.6 is 0 Å². The number of aromatic nitrogens is 1. The van der Waals surface area contributed by atoms with Gasteiger partial charge in [0.05, 0.1) is 4.92 Å². The number of hydrogen-bond acceptors (Lipinski definition) is 5. The van der Waals surface area contributed by atoms with Crippen molar-refractivity contribution in [3.8, 4) is 5.75 Å². The Bertz CT molecular complexity index is 633. The topological polar surface area (TPSA) is 77.3 Å². The molecular formula is C14H13F2N3O3. The van der Waals surface area contributed by atoms with Gasteiger partial charge in [0.2, 0.25) is 0 Å². The van der Waals surface area contributed by atoms with Gasteiger partial charge < -0.3 is 10.1 Å². The Morgan fingerprint density at radius 2 is 1.91 bits per heavy atom. The Morgan fingerprint density at radius 3 is 2.41 bits per heavy atom. The van der Waals surface area contributed by atoms with E-state index in [1.54, 1.807) is 12.1 Å². The Hall–Kier alpha value is -2.77. The number of pyridine rings is 1. The summed E-state index contributed by atoms with van der Waals surface area (Å²) in [4.78, 5) is 14.0. The number of nitrogens with one attached hydrogen (secondary N) is 1. The molecule has 116 valence electrons. The Morgan fingerprint density at radius 1 is 1.23 bits per heavy atom. The summed E-state index contributed by atoms with van der Waals surface area (Å²) in [5.74, 6) is 0.561. The predicted octanol–water partition coefficient (Wildman–Crippen LogP) is 3.76. The molecule has 0 bridgehead atoms. The van der Waals surface area contributed by atoms with Gasteiger partial charge in [-0.1, -0.05) is 12.1 Å². The van der Waals surface area contributed by atoms with Crippen LogP contribution in [0.4, 0.5) is 20.3 Å². The zero-order chi connectivity index (χ0) is 16.1. The molecule has 2 rings (SSSR count). The summed E-state index contributed by atoms with van der Waals surface area (Å²) in [6.07, 6.45) is 1.16. The van der Waals surface area contributed by atoms with Crippen LogP contribution in [-0.4, -0.2) is 16.5 Å². The van der Waals surface area contributed by atoms with Gasteiger partial charge in [0.1, 0.15) is 17.8 Å². The number of benzene rings is 1. The quantitative estimate of drug-likeness (QED) is 0.649. The van der Waals surface area contributed by atoms with Gasteiger partial charge in [-0.2, -0.15) is 8.78 Å². The van der Waals surface area contributed by atoms with Crippen molar-refractivity contribution in [2.45, 2.75) is 19.6 Å². The smallest absolute Gasteiger partial charge is 0.387 e. The van der Waals surface area contributed by atoms with E-state index in [0.717, 1.165) is 11.8 Å². The highest BCUT2D eigenvalue weighted by molar-refractivity contribution is 5.42. The van der Waals surface area contributed by atoms with Gasteiger partial charge in [-0.05, 0) is 30.7 Å². The third-order valence-electron chi connectivity index (χ3n) is 2.93. The summed E-state index contributed by atoms with van der Waals surface area (Å²) in [5, 5.41) is 13.6. The van der Waals surface area contributed by atoms with E-state index >= 15 is 0 Å². The second-order valence-electron chi connectivity index (χ2n) is 4.47. The van der Waals surface area contributed by atoms with Crippen molar-refractivity contribution < 1.29 is 18.4 Å². The molecule has 0 aliphatic heterocycles. The van der Waals surface area contributed by atoms with E-state index in [-0.39, 0.29) is 17.5 Å². The molecular weight excluding hydrogens is 296 g/mol. The molecule has 1 aromatic heterocycles. The van der Waals surface area contributed by atoms with Crippen LogP contribution in [0.2, 0.25) is 0 Å². The number of halogens is 2. The summed E-state index contributed by atoms with van der Waals surface area (Å²) in [5.41, 5.74) is 0.744. The highest BCUT2D eigenvalue weighted by Gasteiger charge is 2.10. The number of rotatable bonds is 6. The van der Waals surface area contributed by atoms with Gasteiger partial charge in [0, 0.05) is 12.1 Å². The first kappa shape index (κ1) is 15.6. The molecule has 0 aliphatic rings. The Labute approximate surface area is 124 Å². The zero-order valence-corrected chi connectivity index (χ0v) is 11.6. The van der Waals surface area contributed by atoms with Crippen molar-refractivity contribution in [1.82, 2.24) is 4.98 Å². The molecule has 0 saturated heterocycles. The molecule has 22 heavy (non-hydrogen) atoms. The summed E-state index contributed by atoms with van der Waals surface area (Å²) in [6, 6.07) is 8.90. The number of alkyl halides is 2. The lowest BCUT2D eigenvalue weighted by Gasteiger charge is -2.15. The van der Waals surface area contributed by atoms with Crippen LogP contribution < -0.4 is 10.1 Å². The standard InChI is InChI=1S/C14H13F2N3O3/c1-9(10-2-5-12(6-3-10)22-14(15)16)18-13-7-4-11(8-17-13)19(20)21/h2-9,14H,1H3,(H,17,18)/t9-/m0/s1. The van der Waals surface area contributed by atoms with E-state index < -0.39 is 11.5 Å². The highest BCUT2D eigenvalue weighted by Crippen LogP contribution is 2.22. The summed E-state index contributed by atoms with van der Waals surface area (Å²) in [7, 11) is 0. The summed E-state index contributed by atoms with van der Waals surface area (Å²) >= 11 is 0. The largest absolute Gasteiger partial charge is 0.435 e. The van der Waals surface area contributed by atoms with Crippen molar-refractivity contribution in [2.24, 2.45) is 0 Å². The van der Waals surface area contributed by atoms with Crippen LogP contribution in [0.25, 0.3) is 0 Å². The Kier molecular flexibility index (Phi) is 4.82. The molecule has 2 aromatic rings. The molecule has 0 saturated carbocycles. The van der Waals surface area contributed by atoms with Crippen molar-refractivity contribution in [3.05, 3.63) is 58.3 Å². The second kappa shape index (κ2) is 6.79. The third kappa shape index (κ3) is 4.11. The lowest BCUT2D eigenvalue weighted by atomic mass is 10.1. The molecule has 0 spiro atoms. The average molecular weight is 309 g/mol. The summed E-state index contributed by atoms with van der Waals surface area (Å²) in [6.45, 7) is -1.00. The van der Waals surface area contributed by atoms with E-state index in [0.29, 0.717) is 5.82 Å². The summed E-state index contributed by atoms with van der Waals surface area (Å²) < 4.78 is 28.4. The minimum atomic E-state index is -2.86. The normalized spacial score (nSPS) is 12.0. The number of ether oxygens (including phenoxy) is 1. The monoisotopic (exact) mass is 309 g/mol. The van der Waals surface area contributed by atoms with Gasteiger partial charge in [-0.15, -0.1) is 0 Å². The first-order chi connectivity index (χ1) is 10.5. The van der Waals surface area contributed by atoms with E-state index in [9.17, 15) is 18.9 Å². The molecule has 6 nitrogen and oxygen atoms in total. The minimum Gasteiger partial charge on any atom is -0.435 e. The highest BCUT2D eigenvalue weighted by atomic mass is 19.3. The molecule has 1 N–H and O–H groups in total. The van der Waals surface area contributed by atoms with Gasteiger partial charge in [0.25, 0.3) is 5.69 Å². The van der Waals surface area contributed by atoms with Gasteiger partial charge in [0.15, 0.2) is 0 Å². The molecule has 8 heteroatoms. The molecule has 0 aliphatic carbocycles. The maximum absolute atomic E-state index is 12.1. The predicted molar refractivity (Wildman–Crippen MR) is 76.0 cm³/mol. The van der Waals surface area contributed by atoms with Crippen LogP contribution in [0.1, 0.15) is 18.5 Å². The first-order valence-electron chi connectivity index (χ1n) is 6.37. The SMILES string of the molecule is C[C@H](Nc1ccc([N+](=O)[O-])cn1)c1ccc(OC(F)F)cc1. The fourth-order valence-electron chi connectivity index (χ4n) is 1.82. The van der Waals surface area contributed by atoms with Crippen molar-refractivity contribution >= 4 is 11.5 Å². The first-order valence-corrected chi connectivity index (χ1v) is 6.37. The van der Waals surface area contributed by atoms with Gasteiger partial charge in [-0.25, -0.2) is 4.98 Å². The number of nitro groups is 1. The van der Waals surface area contributed by atoms with Crippen LogP contribution in [0, 0.1) is 10.1 Å². The lowest BCUT2D eigenvalue weighted by Crippen LogP contribution is -2.08. The van der Waals surface area contributed by atoms with E-state index in [1.165, 1.54) is 24.3 Å². The van der Waals surface area contributed by atoms with Crippen molar-refractivity contribution in [3.63, 3.8) is 0 Å². The van der Waals surface area contributed by atoms with Crippen LogP contribution in [0.3, 0.4) is 0 Å². The molecule has 1 aromatic carbocycles. The number of nitrogens with zero attached hydrogens (tertiary/aromatic N) is 2. The maximum Gasteiger partial charge on any atom is 0.387 e. The minimum absolute atomic E-state index is 0.0828. The van der Waals surface area contributed by atoms with Crippen molar-refractivity contribution in [2.75, 3.05) is 5.32 Å². The molecule has 0 amide bonds. The van der Waals surface area contributed by atoms with Crippen LogP contribution in [0.15, 0.2) is 42.6 Å². The zero-order valence-electron chi connectivity index (χ0n) is 11.6. The average Bonchev–Trinajstić information content (AvgIpc) is 2.48. The van der Waals surface area contributed by atoms with E-state index in [2.05, 4.69) is 15.0 Å². The van der Waals surface area contributed by atoms with Crippen LogP contribution in [-0.2, 0) is 0 Å². The Balaban J connectivity index is 2.02. The van der Waals surface area contributed by atoms with E-state index in [1.807, 2.05) is 6.92 Å². The molecule has 1 heterocycles. The van der Waals surface area contributed by atoms with E-state index in [4.69, 9.17) is 0 Å². The second-order valence-corrected chi connectivity index (χ2v) is 4.47. The van der Waals surface area contributed by atoms with Gasteiger partial charge in [-0.3, -0.25) is 10.1 Å². The maximum atomic E-state index is 12.1.